The van der Waals surface area contributed by atoms with Crippen molar-refractivity contribution in [1.82, 2.24) is 9.21 Å². The van der Waals surface area contributed by atoms with Crippen LogP contribution in [0.15, 0.2) is 24.3 Å². The molecule has 0 spiro atoms. The summed E-state index contributed by atoms with van der Waals surface area (Å²) in [6.07, 6.45) is -0.659. The van der Waals surface area contributed by atoms with Gasteiger partial charge in [0.15, 0.2) is 0 Å². The normalized spacial score (nSPS) is 19.6. The highest BCUT2D eigenvalue weighted by molar-refractivity contribution is 7.89. The minimum atomic E-state index is -3.11. The number of sulfonamides is 1. The number of nitrogens with zero attached hydrogens (tertiary/aromatic N) is 2. The number of aliphatic hydroxyl groups excluding tert-OH is 1. The van der Waals surface area contributed by atoms with Gasteiger partial charge in [0, 0.05) is 43.3 Å². The number of β-amino-alcohol motifs (C(OH)–C–C–N with tert-alkyl or cyclic N) is 1. The third-order valence-electron chi connectivity index (χ3n) is 3.78. The fourth-order valence-corrected chi connectivity index (χ4v) is 3.81. The molecular weight excluding hydrogens is 312 g/mol. The van der Waals surface area contributed by atoms with Crippen molar-refractivity contribution in [3.63, 3.8) is 0 Å². The van der Waals surface area contributed by atoms with Gasteiger partial charge in [0.1, 0.15) is 0 Å². The first-order valence-electron chi connectivity index (χ1n) is 7.06. The largest absolute Gasteiger partial charge is 0.387 e. The van der Waals surface area contributed by atoms with Gasteiger partial charge in [0.05, 0.1) is 11.9 Å². The van der Waals surface area contributed by atoms with Gasteiger partial charge in [-0.3, -0.25) is 4.90 Å². The van der Waals surface area contributed by atoms with E-state index in [4.69, 9.17) is 11.6 Å². The van der Waals surface area contributed by atoms with Crippen LogP contribution in [0, 0.1) is 0 Å². The van der Waals surface area contributed by atoms with E-state index in [9.17, 15) is 13.5 Å². The van der Waals surface area contributed by atoms with Crippen LogP contribution in [0.3, 0.4) is 0 Å². The second-order valence-electron chi connectivity index (χ2n) is 5.14. The summed E-state index contributed by atoms with van der Waals surface area (Å²) in [5.74, 6) is 0.134. The van der Waals surface area contributed by atoms with Crippen LogP contribution in [0.2, 0.25) is 5.02 Å². The van der Waals surface area contributed by atoms with E-state index in [1.54, 1.807) is 13.0 Å². The Kier molecular flexibility index (Phi) is 5.62. The Hall–Kier alpha value is -0.660. The van der Waals surface area contributed by atoms with Crippen LogP contribution >= 0.6 is 11.6 Å². The summed E-state index contributed by atoms with van der Waals surface area (Å²) in [4.78, 5) is 2.07. The molecule has 1 aliphatic rings. The van der Waals surface area contributed by atoms with E-state index in [2.05, 4.69) is 4.90 Å². The van der Waals surface area contributed by atoms with Crippen molar-refractivity contribution in [3.05, 3.63) is 34.9 Å². The van der Waals surface area contributed by atoms with Crippen molar-refractivity contribution < 1.29 is 13.5 Å². The molecule has 0 saturated carbocycles. The van der Waals surface area contributed by atoms with E-state index < -0.39 is 16.1 Å². The third-order valence-corrected chi connectivity index (χ3v) is 6.01. The highest BCUT2D eigenvalue weighted by Crippen LogP contribution is 2.23. The van der Waals surface area contributed by atoms with Crippen LogP contribution in [-0.4, -0.2) is 61.2 Å². The lowest BCUT2D eigenvalue weighted by Crippen LogP contribution is -2.49. The molecule has 0 aliphatic carbocycles. The molecule has 5 nitrogen and oxygen atoms in total. The zero-order valence-electron chi connectivity index (χ0n) is 12.1. The molecule has 1 unspecified atom stereocenters. The van der Waals surface area contributed by atoms with Crippen molar-refractivity contribution in [2.24, 2.45) is 0 Å². The van der Waals surface area contributed by atoms with Crippen molar-refractivity contribution in [1.29, 1.82) is 0 Å². The molecule has 21 heavy (non-hydrogen) atoms. The zero-order valence-corrected chi connectivity index (χ0v) is 13.6. The Balaban J connectivity index is 1.91. The summed E-state index contributed by atoms with van der Waals surface area (Å²) in [7, 11) is -3.11. The second-order valence-corrected chi connectivity index (χ2v) is 7.80. The number of rotatable bonds is 5. The highest BCUT2D eigenvalue weighted by atomic mass is 35.5. The second kappa shape index (κ2) is 7.07. The first kappa shape index (κ1) is 16.7. The van der Waals surface area contributed by atoms with Crippen LogP contribution in [-0.2, 0) is 10.0 Å². The van der Waals surface area contributed by atoms with Gasteiger partial charge in [-0.2, -0.15) is 4.31 Å². The maximum absolute atomic E-state index is 11.8. The van der Waals surface area contributed by atoms with Crippen LogP contribution in [0.4, 0.5) is 0 Å². The maximum Gasteiger partial charge on any atom is 0.213 e. The first-order valence-corrected chi connectivity index (χ1v) is 9.05. The summed E-state index contributed by atoms with van der Waals surface area (Å²) in [6, 6.07) is 7.24. The molecule has 1 aromatic rings. The predicted molar refractivity (Wildman–Crippen MR) is 83.9 cm³/mol. The fourth-order valence-electron chi connectivity index (χ4n) is 2.46. The standard InChI is InChI=1S/C14H21ClN2O3S/c1-2-21(19,20)17-9-7-16(8-10-17)11-14(18)12-5-3-4-6-13(12)15/h3-6,14,18H,2,7-11H2,1H3. The number of aliphatic hydroxyl groups is 1. The van der Waals surface area contributed by atoms with E-state index in [0.29, 0.717) is 43.3 Å². The molecule has 1 heterocycles. The van der Waals surface area contributed by atoms with E-state index in [-0.39, 0.29) is 5.75 Å². The van der Waals surface area contributed by atoms with Gasteiger partial charge in [-0.15, -0.1) is 0 Å². The molecule has 1 atom stereocenters. The van der Waals surface area contributed by atoms with Crippen molar-refractivity contribution >= 4 is 21.6 Å². The third kappa shape index (κ3) is 4.17. The fraction of sp³-hybridized carbons (Fsp3) is 0.571. The maximum atomic E-state index is 11.8. The lowest BCUT2D eigenvalue weighted by atomic mass is 10.1. The predicted octanol–water partition coefficient (Wildman–Crippen LogP) is 1.34. The molecule has 118 valence electrons. The van der Waals surface area contributed by atoms with Gasteiger partial charge < -0.3 is 5.11 Å². The molecule has 1 aromatic carbocycles. The molecule has 0 amide bonds. The van der Waals surface area contributed by atoms with Crippen molar-refractivity contribution in [2.45, 2.75) is 13.0 Å². The number of piperazine rings is 1. The van der Waals surface area contributed by atoms with Gasteiger partial charge in [-0.25, -0.2) is 8.42 Å². The molecule has 0 aromatic heterocycles. The first-order chi connectivity index (χ1) is 9.94. The topological polar surface area (TPSA) is 60.9 Å². The molecule has 0 radical (unpaired) electrons. The molecule has 2 rings (SSSR count). The average molecular weight is 333 g/mol. The molecule has 1 saturated heterocycles. The molecule has 7 heteroatoms. The lowest BCUT2D eigenvalue weighted by molar-refractivity contribution is 0.0922. The van der Waals surface area contributed by atoms with E-state index in [1.807, 2.05) is 18.2 Å². The van der Waals surface area contributed by atoms with Gasteiger partial charge >= 0.3 is 0 Å². The van der Waals surface area contributed by atoms with E-state index in [0.717, 1.165) is 0 Å². The number of hydrogen-bond acceptors (Lipinski definition) is 4. The molecular formula is C14H21ClN2O3S. The molecule has 1 N–H and O–H groups in total. The van der Waals surface area contributed by atoms with Gasteiger partial charge in [0.2, 0.25) is 10.0 Å². The van der Waals surface area contributed by atoms with Crippen LogP contribution in [0.1, 0.15) is 18.6 Å². The smallest absolute Gasteiger partial charge is 0.213 e. The van der Waals surface area contributed by atoms with Crippen LogP contribution in [0.25, 0.3) is 0 Å². The number of benzene rings is 1. The molecule has 0 bridgehead atoms. The minimum absolute atomic E-state index is 0.134. The van der Waals surface area contributed by atoms with Crippen LogP contribution < -0.4 is 0 Å². The number of halogens is 1. The average Bonchev–Trinajstić information content (AvgIpc) is 2.48. The quantitative estimate of drug-likeness (QED) is 0.884. The van der Waals surface area contributed by atoms with Gasteiger partial charge in [0.25, 0.3) is 0 Å². The SMILES string of the molecule is CCS(=O)(=O)N1CCN(CC(O)c2ccccc2Cl)CC1. The van der Waals surface area contributed by atoms with Crippen molar-refractivity contribution in [3.8, 4) is 0 Å². The summed E-state index contributed by atoms with van der Waals surface area (Å²) in [5.41, 5.74) is 0.711. The highest BCUT2D eigenvalue weighted by Gasteiger charge is 2.26. The Bertz CT molecular complexity index is 571. The van der Waals surface area contributed by atoms with Gasteiger partial charge in [-0.05, 0) is 13.0 Å². The molecule has 1 fully saturated rings. The Labute approximate surface area is 131 Å². The monoisotopic (exact) mass is 332 g/mol. The summed E-state index contributed by atoms with van der Waals surface area (Å²) >= 11 is 6.07. The number of hydrogen-bond donors (Lipinski definition) is 1. The van der Waals surface area contributed by atoms with E-state index >= 15 is 0 Å². The lowest BCUT2D eigenvalue weighted by Gasteiger charge is -2.34. The van der Waals surface area contributed by atoms with E-state index in [1.165, 1.54) is 4.31 Å². The summed E-state index contributed by atoms with van der Waals surface area (Å²) in [5, 5.41) is 10.8. The summed E-state index contributed by atoms with van der Waals surface area (Å²) < 4.78 is 25.1. The Morgan fingerprint density at radius 3 is 2.43 bits per heavy atom. The van der Waals surface area contributed by atoms with Crippen LogP contribution in [0.5, 0.6) is 0 Å². The summed E-state index contributed by atoms with van der Waals surface area (Å²) in [6.45, 7) is 4.32. The van der Waals surface area contributed by atoms with Crippen molar-refractivity contribution in [2.75, 3.05) is 38.5 Å². The Morgan fingerprint density at radius 2 is 1.86 bits per heavy atom. The molecule has 1 aliphatic heterocycles. The zero-order chi connectivity index (χ0) is 15.5. The van der Waals surface area contributed by atoms with Gasteiger partial charge in [-0.1, -0.05) is 29.8 Å². The minimum Gasteiger partial charge on any atom is -0.387 e. The Morgan fingerprint density at radius 1 is 1.24 bits per heavy atom.